The predicted octanol–water partition coefficient (Wildman–Crippen LogP) is 3.46. The number of ether oxygens (including phenoxy) is 1. The van der Waals surface area contributed by atoms with Crippen LogP contribution < -0.4 is 15.5 Å². The average Bonchev–Trinajstić information content (AvgIpc) is 3.44. The third-order valence-electron chi connectivity index (χ3n) is 4.64. The molecule has 0 atom stereocenters. The van der Waals surface area contributed by atoms with Gasteiger partial charge < -0.3 is 14.5 Å². The van der Waals surface area contributed by atoms with Gasteiger partial charge in [-0.1, -0.05) is 0 Å². The summed E-state index contributed by atoms with van der Waals surface area (Å²) in [7, 11) is 0. The van der Waals surface area contributed by atoms with Gasteiger partial charge in [0.05, 0.1) is 24.7 Å². The van der Waals surface area contributed by atoms with Crippen LogP contribution in [0.25, 0.3) is 5.65 Å². The van der Waals surface area contributed by atoms with Gasteiger partial charge >= 0.3 is 0 Å². The monoisotopic (exact) mass is 509 g/mol. The molecule has 0 saturated carbocycles. The largest absolute Gasteiger partial charge is 0.484 e. The third kappa shape index (κ3) is 5.66. The highest BCUT2D eigenvalue weighted by Crippen LogP contribution is 2.17. The fourth-order valence-corrected chi connectivity index (χ4v) is 3.41. The number of aryl methyl sites for hydroxylation is 1. The van der Waals surface area contributed by atoms with Crippen LogP contribution in [-0.4, -0.2) is 34.0 Å². The number of imidazole rings is 1. The van der Waals surface area contributed by atoms with E-state index >= 15 is 0 Å². The number of carbonyl (C=O) groups is 2. The first kappa shape index (κ1) is 22.3. The highest BCUT2D eigenvalue weighted by atomic mass is 79.9. The minimum Gasteiger partial charge on any atom is -0.484 e. The zero-order chi connectivity index (χ0) is 23.2. The minimum atomic E-state index is -0.366. The molecule has 2 amide bonds. The van der Waals surface area contributed by atoms with Crippen LogP contribution >= 0.6 is 15.9 Å². The van der Waals surface area contributed by atoms with Crippen LogP contribution in [0, 0.1) is 6.92 Å². The number of furan rings is 1. The molecule has 9 nitrogen and oxygen atoms in total. The fourth-order valence-electron chi connectivity index (χ4n) is 3.08. The molecule has 3 aromatic heterocycles. The van der Waals surface area contributed by atoms with Gasteiger partial charge in [-0.2, -0.15) is 5.10 Å². The smallest absolute Gasteiger partial charge is 0.290 e. The number of carbonyl (C=O) groups excluding carboxylic acids is 2. The molecule has 4 rings (SSSR count). The van der Waals surface area contributed by atoms with E-state index in [1.807, 2.05) is 12.1 Å². The van der Waals surface area contributed by atoms with E-state index < -0.39 is 0 Å². The van der Waals surface area contributed by atoms with Crippen molar-refractivity contribution in [2.75, 3.05) is 6.61 Å². The normalized spacial score (nSPS) is 11.1. The lowest BCUT2D eigenvalue weighted by Crippen LogP contribution is -2.28. The van der Waals surface area contributed by atoms with Crippen molar-refractivity contribution in [3.05, 3.63) is 88.2 Å². The van der Waals surface area contributed by atoms with Crippen molar-refractivity contribution >= 4 is 39.6 Å². The molecular formula is C23H20BrN5O4. The lowest BCUT2D eigenvalue weighted by molar-refractivity contribution is -0.123. The van der Waals surface area contributed by atoms with E-state index in [0.29, 0.717) is 35.1 Å². The van der Waals surface area contributed by atoms with Crippen LogP contribution in [0.3, 0.4) is 0 Å². The molecular weight excluding hydrogens is 490 g/mol. The van der Waals surface area contributed by atoms with Gasteiger partial charge in [0.1, 0.15) is 22.9 Å². The molecule has 0 spiro atoms. The summed E-state index contributed by atoms with van der Waals surface area (Å²) < 4.78 is 13.2. The van der Waals surface area contributed by atoms with Gasteiger partial charge in [-0.3, -0.25) is 14.0 Å². The van der Waals surface area contributed by atoms with Crippen molar-refractivity contribution in [3.8, 4) is 5.75 Å². The number of fused-ring (bicyclic) bond motifs is 1. The molecule has 168 valence electrons. The number of halogens is 1. The van der Waals surface area contributed by atoms with Crippen LogP contribution in [0.15, 0.2) is 75.0 Å². The van der Waals surface area contributed by atoms with Crippen molar-refractivity contribution in [1.82, 2.24) is 20.1 Å². The van der Waals surface area contributed by atoms with Gasteiger partial charge in [-0.25, -0.2) is 10.4 Å². The SMILES string of the molecule is Cc1nc2ccc(Br)cn2c1C(=O)N/N=C\c1ccc(OCC(=O)NCc2ccco2)cc1. The predicted molar refractivity (Wildman–Crippen MR) is 125 cm³/mol. The summed E-state index contributed by atoms with van der Waals surface area (Å²) in [6.07, 6.45) is 4.85. The van der Waals surface area contributed by atoms with Crippen molar-refractivity contribution < 1.29 is 18.7 Å². The molecule has 0 unspecified atom stereocenters. The Morgan fingerprint density at radius 1 is 1.21 bits per heavy atom. The lowest BCUT2D eigenvalue weighted by Gasteiger charge is -2.07. The van der Waals surface area contributed by atoms with Crippen molar-refractivity contribution in [2.24, 2.45) is 5.10 Å². The number of hydrogen-bond donors (Lipinski definition) is 2. The summed E-state index contributed by atoms with van der Waals surface area (Å²) in [6.45, 7) is 1.97. The second-order valence-electron chi connectivity index (χ2n) is 7.03. The first-order valence-corrected chi connectivity index (χ1v) is 10.8. The van der Waals surface area contributed by atoms with Crippen LogP contribution in [-0.2, 0) is 11.3 Å². The molecule has 1 aromatic carbocycles. The Morgan fingerprint density at radius 2 is 2.03 bits per heavy atom. The summed E-state index contributed by atoms with van der Waals surface area (Å²) in [4.78, 5) is 28.9. The number of aromatic nitrogens is 2. The van der Waals surface area contributed by atoms with Gasteiger partial charge in [0.25, 0.3) is 11.8 Å². The number of amides is 2. The Balaban J connectivity index is 1.29. The van der Waals surface area contributed by atoms with Crippen molar-refractivity contribution in [3.63, 3.8) is 0 Å². The van der Waals surface area contributed by atoms with Crippen LogP contribution in [0.1, 0.15) is 27.5 Å². The Morgan fingerprint density at radius 3 is 2.79 bits per heavy atom. The molecule has 33 heavy (non-hydrogen) atoms. The average molecular weight is 510 g/mol. The standard InChI is InChI=1S/C23H20BrN5O4/c1-15-22(29-13-17(24)6-9-20(29)27-15)23(31)28-26-11-16-4-7-18(8-5-16)33-14-21(30)25-12-19-3-2-10-32-19/h2-11,13H,12,14H2,1H3,(H,25,30)(H,28,31)/b26-11-. The minimum absolute atomic E-state index is 0.112. The number of benzene rings is 1. The number of hydrazone groups is 1. The molecule has 3 heterocycles. The first-order valence-electron chi connectivity index (χ1n) is 9.99. The molecule has 10 heteroatoms. The van der Waals surface area contributed by atoms with Crippen molar-refractivity contribution in [2.45, 2.75) is 13.5 Å². The summed E-state index contributed by atoms with van der Waals surface area (Å²) in [5, 5.41) is 6.74. The quantitative estimate of drug-likeness (QED) is 0.279. The van der Waals surface area contributed by atoms with E-state index in [-0.39, 0.29) is 18.4 Å². The van der Waals surface area contributed by atoms with Crippen molar-refractivity contribution in [1.29, 1.82) is 0 Å². The van der Waals surface area contributed by atoms with E-state index in [1.54, 1.807) is 60.2 Å². The van der Waals surface area contributed by atoms with Crippen LogP contribution in [0.2, 0.25) is 0 Å². The first-order chi connectivity index (χ1) is 16.0. The summed E-state index contributed by atoms with van der Waals surface area (Å²) in [6, 6.07) is 14.2. The zero-order valence-electron chi connectivity index (χ0n) is 17.6. The van der Waals surface area contributed by atoms with E-state index in [2.05, 4.69) is 36.8 Å². The molecule has 0 bridgehead atoms. The van der Waals surface area contributed by atoms with Gasteiger partial charge in [-0.05, 0) is 76.9 Å². The Bertz CT molecular complexity index is 1300. The maximum Gasteiger partial charge on any atom is 0.290 e. The zero-order valence-corrected chi connectivity index (χ0v) is 19.2. The Labute approximate surface area is 197 Å². The molecule has 4 aromatic rings. The summed E-state index contributed by atoms with van der Waals surface area (Å²) in [5.41, 5.74) is 4.98. The van der Waals surface area contributed by atoms with Crippen LogP contribution in [0.4, 0.5) is 0 Å². The second kappa shape index (κ2) is 10.1. The van der Waals surface area contributed by atoms with Gasteiger partial charge in [0.15, 0.2) is 6.61 Å². The van der Waals surface area contributed by atoms with E-state index in [0.717, 1.165) is 10.0 Å². The van der Waals surface area contributed by atoms with Gasteiger partial charge in [0, 0.05) is 10.7 Å². The van der Waals surface area contributed by atoms with E-state index in [9.17, 15) is 9.59 Å². The number of rotatable bonds is 8. The summed E-state index contributed by atoms with van der Waals surface area (Å²) >= 11 is 3.40. The van der Waals surface area contributed by atoms with Gasteiger partial charge in [-0.15, -0.1) is 0 Å². The third-order valence-corrected chi connectivity index (χ3v) is 5.11. The van der Waals surface area contributed by atoms with E-state index in [4.69, 9.17) is 9.15 Å². The fraction of sp³-hybridized carbons (Fsp3) is 0.130. The Kier molecular flexibility index (Phi) is 6.84. The second-order valence-corrected chi connectivity index (χ2v) is 7.95. The topological polar surface area (TPSA) is 110 Å². The number of nitrogens with zero attached hydrogens (tertiary/aromatic N) is 3. The molecule has 0 fully saturated rings. The maximum absolute atomic E-state index is 12.6. The highest BCUT2D eigenvalue weighted by Gasteiger charge is 2.16. The molecule has 0 aliphatic rings. The lowest BCUT2D eigenvalue weighted by atomic mass is 10.2. The number of pyridine rings is 1. The van der Waals surface area contributed by atoms with E-state index in [1.165, 1.54) is 6.21 Å². The number of hydrogen-bond acceptors (Lipinski definition) is 6. The highest BCUT2D eigenvalue weighted by molar-refractivity contribution is 9.10. The molecule has 2 N–H and O–H groups in total. The Hall–Kier alpha value is -3.92. The van der Waals surface area contributed by atoms with Crippen LogP contribution in [0.5, 0.6) is 5.75 Å². The number of nitrogens with one attached hydrogen (secondary N) is 2. The molecule has 0 saturated heterocycles. The molecule has 0 aliphatic carbocycles. The maximum atomic E-state index is 12.6. The molecule has 0 radical (unpaired) electrons. The van der Waals surface area contributed by atoms with Gasteiger partial charge in [0.2, 0.25) is 0 Å². The molecule has 0 aliphatic heterocycles. The summed E-state index contributed by atoms with van der Waals surface area (Å²) in [5.74, 6) is 0.587.